The van der Waals surface area contributed by atoms with Gasteiger partial charge in [-0.1, -0.05) is 0 Å². The predicted molar refractivity (Wildman–Crippen MR) is 44.5 cm³/mol. The van der Waals surface area contributed by atoms with Gasteiger partial charge in [-0.05, 0) is 13.3 Å². The van der Waals surface area contributed by atoms with Gasteiger partial charge >= 0.3 is 0 Å². The summed E-state index contributed by atoms with van der Waals surface area (Å²) in [5, 5.41) is 9.58. The molecule has 0 fully saturated rings. The molecular weight excluding hydrogens is 154 g/mol. The zero-order valence-electron chi connectivity index (χ0n) is 7.01. The van der Waals surface area contributed by atoms with Crippen LogP contribution in [-0.4, -0.2) is 20.8 Å². The van der Waals surface area contributed by atoms with Crippen molar-refractivity contribution in [1.29, 1.82) is 0 Å². The fraction of sp³-hybridized carbons (Fsp3) is 0.625. The Kier molecular flexibility index (Phi) is 1.66. The van der Waals surface area contributed by atoms with Crippen molar-refractivity contribution >= 4 is 0 Å². The number of aromatic nitrogens is 2. The van der Waals surface area contributed by atoms with Gasteiger partial charge in [0.15, 0.2) is 0 Å². The maximum Gasteiger partial charge on any atom is 0.126 e. The molecule has 66 valence electrons. The number of rotatable bonds is 0. The molecular formula is C8H13N3O. The average molecular weight is 167 g/mol. The van der Waals surface area contributed by atoms with Gasteiger partial charge in [-0.25, -0.2) is 4.98 Å². The van der Waals surface area contributed by atoms with Crippen molar-refractivity contribution < 1.29 is 5.11 Å². The molecule has 1 aromatic heterocycles. The molecule has 1 aromatic rings. The Morgan fingerprint density at radius 1 is 1.75 bits per heavy atom. The van der Waals surface area contributed by atoms with Crippen LogP contribution in [0.15, 0.2) is 12.4 Å². The lowest BCUT2D eigenvalue weighted by atomic mass is 9.99. The number of hydrogen-bond donors (Lipinski definition) is 2. The van der Waals surface area contributed by atoms with Gasteiger partial charge < -0.3 is 15.4 Å². The summed E-state index contributed by atoms with van der Waals surface area (Å²) in [6, 6.07) is -0.0199. The van der Waals surface area contributed by atoms with Gasteiger partial charge in [0, 0.05) is 12.4 Å². The van der Waals surface area contributed by atoms with Crippen LogP contribution in [0.4, 0.5) is 0 Å². The van der Waals surface area contributed by atoms with Crippen LogP contribution >= 0.6 is 0 Å². The van der Waals surface area contributed by atoms with Gasteiger partial charge in [0.05, 0.1) is 18.2 Å². The van der Waals surface area contributed by atoms with Crippen molar-refractivity contribution in [2.45, 2.75) is 31.5 Å². The van der Waals surface area contributed by atoms with Crippen molar-refractivity contribution in [1.82, 2.24) is 9.55 Å². The fourth-order valence-corrected chi connectivity index (χ4v) is 1.70. The molecule has 1 aliphatic heterocycles. The molecule has 0 radical (unpaired) electrons. The van der Waals surface area contributed by atoms with Gasteiger partial charge in [0.2, 0.25) is 0 Å². The summed E-state index contributed by atoms with van der Waals surface area (Å²) in [6.45, 7) is 1.97. The molecule has 1 aliphatic rings. The molecule has 2 heterocycles. The number of fused-ring (bicyclic) bond motifs is 1. The highest BCUT2D eigenvalue weighted by molar-refractivity contribution is 5.05. The van der Waals surface area contributed by atoms with Gasteiger partial charge in [0.25, 0.3) is 0 Å². The van der Waals surface area contributed by atoms with Crippen LogP contribution in [0.2, 0.25) is 0 Å². The molecule has 0 unspecified atom stereocenters. The molecule has 0 saturated carbocycles. The van der Waals surface area contributed by atoms with Crippen LogP contribution in [0.25, 0.3) is 0 Å². The minimum Gasteiger partial charge on any atom is -0.391 e. The zero-order valence-corrected chi connectivity index (χ0v) is 7.01. The van der Waals surface area contributed by atoms with Crippen molar-refractivity contribution in [3.63, 3.8) is 0 Å². The number of aliphatic hydroxyl groups excluding tert-OH is 1. The Morgan fingerprint density at radius 2 is 2.50 bits per heavy atom. The number of nitrogens with zero attached hydrogens (tertiary/aromatic N) is 2. The molecule has 0 saturated heterocycles. The smallest absolute Gasteiger partial charge is 0.126 e. The molecule has 0 spiro atoms. The Labute approximate surface area is 71.0 Å². The van der Waals surface area contributed by atoms with Gasteiger partial charge in [-0.3, -0.25) is 0 Å². The summed E-state index contributed by atoms with van der Waals surface area (Å²) >= 11 is 0. The second kappa shape index (κ2) is 2.57. The monoisotopic (exact) mass is 167 g/mol. The Morgan fingerprint density at radius 3 is 3.25 bits per heavy atom. The fourth-order valence-electron chi connectivity index (χ4n) is 1.70. The molecule has 0 aliphatic carbocycles. The van der Waals surface area contributed by atoms with Gasteiger partial charge in [-0.2, -0.15) is 0 Å². The lowest BCUT2D eigenvalue weighted by molar-refractivity contribution is 0.0849. The lowest BCUT2D eigenvalue weighted by Crippen LogP contribution is -2.34. The van der Waals surface area contributed by atoms with E-state index in [1.54, 1.807) is 6.20 Å². The van der Waals surface area contributed by atoms with Crippen LogP contribution in [0.1, 0.15) is 31.3 Å². The molecule has 0 amide bonds. The third kappa shape index (κ3) is 0.956. The minimum absolute atomic E-state index is 0.0994. The first-order chi connectivity index (χ1) is 5.70. The minimum atomic E-state index is -0.346. The van der Waals surface area contributed by atoms with Crippen molar-refractivity contribution in [3.05, 3.63) is 18.2 Å². The first-order valence-corrected chi connectivity index (χ1v) is 4.16. The van der Waals surface area contributed by atoms with E-state index in [2.05, 4.69) is 4.98 Å². The third-order valence-electron chi connectivity index (χ3n) is 2.52. The van der Waals surface area contributed by atoms with Gasteiger partial charge in [-0.15, -0.1) is 0 Å². The molecule has 4 nitrogen and oxygen atoms in total. The third-order valence-corrected chi connectivity index (χ3v) is 2.52. The Balaban J connectivity index is 2.43. The normalized spacial score (nSPS) is 34.8. The van der Waals surface area contributed by atoms with E-state index in [0.29, 0.717) is 6.42 Å². The highest BCUT2D eigenvalue weighted by Gasteiger charge is 2.29. The number of nitrogens with two attached hydrogens (primary N) is 1. The summed E-state index contributed by atoms with van der Waals surface area (Å²) in [6.07, 6.45) is 3.85. The van der Waals surface area contributed by atoms with E-state index in [1.165, 1.54) is 0 Å². The quantitative estimate of drug-likeness (QED) is 0.580. The van der Waals surface area contributed by atoms with Crippen molar-refractivity contribution in [2.24, 2.45) is 5.73 Å². The summed E-state index contributed by atoms with van der Waals surface area (Å²) in [7, 11) is 0. The zero-order chi connectivity index (χ0) is 8.72. The topological polar surface area (TPSA) is 64.1 Å². The predicted octanol–water partition coefficient (Wildman–Crippen LogP) is 0.209. The summed E-state index contributed by atoms with van der Waals surface area (Å²) in [5.74, 6) is 0.882. The van der Waals surface area contributed by atoms with Crippen LogP contribution in [0, 0.1) is 0 Å². The van der Waals surface area contributed by atoms with Crippen LogP contribution in [-0.2, 0) is 0 Å². The molecule has 12 heavy (non-hydrogen) atoms. The van der Waals surface area contributed by atoms with E-state index in [-0.39, 0.29) is 18.2 Å². The van der Waals surface area contributed by atoms with E-state index < -0.39 is 0 Å². The summed E-state index contributed by atoms with van der Waals surface area (Å²) in [5.41, 5.74) is 5.80. The molecule has 2 rings (SSSR count). The van der Waals surface area contributed by atoms with E-state index in [0.717, 1.165) is 5.82 Å². The molecule has 3 atom stereocenters. The number of imidazole rings is 1. The van der Waals surface area contributed by atoms with Crippen LogP contribution < -0.4 is 5.73 Å². The molecule has 0 aromatic carbocycles. The van der Waals surface area contributed by atoms with E-state index in [9.17, 15) is 5.11 Å². The van der Waals surface area contributed by atoms with E-state index in [1.807, 2.05) is 17.7 Å². The number of hydrogen-bond acceptors (Lipinski definition) is 3. The van der Waals surface area contributed by atoms with Crippen LogP contribution in [0.3, 0.4) is 0 Å². The maximum absolute atomic E-state index is 9.58. The largest absolute Gasteiger partial charge is 0.391 e. The van der Waals surface area contributed by atoms with E-state index in [4.69, 9.17) is 5.73 Å². The van der Waals surface area contributed by atoms with Gasteiger partial charge in [0.1, 0.15) is 5.82 Å². The second-order valence-electron chi connectivity index (χ2n) is 3.34. The number of aliphatic hydroxyl groups is 1. The summed E-state index contributed by atoms with van der Waals surface area (Å²) in [4.78, 5) is 4.15. The molecule has 3 N–H and O–H groups in total. The highest BCUT2D eigenvalue weighted by atomic mass is 16.3. The lowest BCUT2D eigenvalue weighted by Gasteiger charge is -2.30. The summed E-state index contributed by atoms with van der Waals surface area (Å²) < 4.78 is 1.94. The second-order valence-corrected chi connectivity index (χ2v) is 3.34. The standard InChI is InChI=1S/C8H13N3O/c1-5-7(12)4-6(9)8-10-2-3-11(5)8/h2-3,5-7,12H,4,9H2,1H3/t5-,6-,7+/m0/s1. The highest BCUT2D eigenvalue weighted by Crippen LogP contribution is 2.28. The van der Waals surface area contributed by atoms with Crippen molar-refractivity contribution in [3.8, 4) is 0 Å². The maximum atomic E-state index is 9.58. The Bertz CT molecular complexity index is 284. The van der Waals surface area contributed by atoms with Crippen molar-refractivity contribution in [2.75, 3.05) is 0 Å². The molecule has 0 bridgehead atoms. The average Bonchev–Trinajstić information content (AvgIpc) is 2.48. The first kappa shape index (κ1) is 7.76. The molecule has 4 heteroatoms. The Hall–Kier alpha value is -0.870. The first-order valence-electron chi connectivity index (χ1n) is 4.16. The van der Waals surface area contributed by atoms with Crippen LogP contribution in [0.5, 0.6) is 0 Å². The SMILES string of the molecule is C[C@H]1[C@H](O)C[C@H](N)c2nccn21. The van der Waals surface area contributed by atoms with E-state index >= 15 is 0 Å².